The highest BCUT2D eigenvalue weighted by atomic mass is 28.1. The predicted octanol–water partition coefficient (Wildman–Crippen LogP) is 2.34. The fourth-order valence-corrected chi connectivity index (χ4v) is 0.757. The summed E-state index contributed by atoms with van der Waals surface area (Å²) in [6.07, 6.45) is 4.12. The summed E-state index contributed by atoms with van der Waals surface area (Å²) in [6.45, 7) is 2.02. The summed E-state index contributed by atoms with van der Waals surface area (Å²) in [7, 11) is 0. The summed E-state index contributed by atoms with van der Waals surface area (Å²) >= 11 is 0. The fourth-order valence-electron chi connectivity index (χ4n) is 0.757. The standard InChI is InChI=1S/C9H10.Si/c1-2-6-9-7-4-3-5-8-9;/h2-8H,1H3;. The van der Waals surface area contributed by atoms with E-state index in [0.717, 1.165) is 0 Å². The Labute approximate surface area is 66.6 Å². The third kappa shape index (κ3) is 2.64. The lowest BCUT2D eigenvalue weighted by molar-refractivity contribution is 1.64. The van der Waals surface area contributed by atoms with E-state index in [1.54, 1.807) is 0 Å². The third-order valence-corrected chi connectivity index (χ3v) is 1.16. The van der Waals surface area contributed by atoms with E-state index in [2.05, 4.69) is 18.2 Å². The molecule has 0 aliphatic carbocycles. The van der Waals surface area contributed by atoms with Crippen LogP contribution in [0.15, 0.2) is 36.4 Å². The van der Waals surface area contributed by atoms with Crippen molar-refractivity contribution in [3.63, 3.8) is 0 Å². The van der Waals surface area contributed by atoms with E-state index in [4.69, 9.17) is 0 Å². The molecule has 0 amide bonds. The van der Waals surface area contributed by atoms with Crippen molar-refractivity contribution in [3.05, 3.63) is 42.0 Å². The largest absolute Gasteiger partial charge is 0.0871 e. The Morgan fingerprint density at radius 3 is 2.20 bits per heavy atom. The quantitative estimate of drug-likeness (QED) is 0.533. The lowest BCUT2D eigenvalue weighted by Gasteiger charge is -1.86. The molecule has 0 saturated heterocycles. The van der Waals surface area contributed by atoms with Crippen LogP contribution in [-0.4, -0.2) is 11.0 Å². The van der Waals surface area contributed by atoms with Gasteiger partial charge in [0.05, 0.1) is 0 Å². The predicted molar refractivity (Wildman–Crippen MR) is 46.9 cm³/mol. The molecular weight excluding hydrogens is 136 g/mol. The Bertz CT molecular complexity index is 189. The van der Waals surface area contributed by atoms with Gasteiger partial charge in [0.1, 0.15) is 0 Å². The lowest BCUT2D eigenvalue weighted by Crippen LogP contribution is -1.65. The van der Waals surface area contributed by atoms with Gasteiger partial charge in [-0.1, -0.05) is 42.5 Å². The minimum absolute atomic E-state index is 0. The molecule has 1 heteroatoms. The van der Waals surface area contributed by atoms with Gasteiger partial charge in [-0.3, -0.25) is 0 Å². The van der Waals surface area contributed by atoms with E-state index in [9.17, 15) is 0 Å². The summed E-state index contributed by atoms with van der Waals surface area (Å²) in [5, 5.41) is 0. The molecule has 50 valence electrons. The number of hydrogen-bond donors (Lipinski definition) is 0. The van der Waals surface area contributed by atoms with E-state index in [1.807, 2.05) is 31.2 Å². The van der Waals surface area contributed by atoms with E-state index < -0.39 is 0 Å². The van der Waals surface area contributed by atoms with Crippen molar-refractivity contribution in [1.82, 2.24) is 0 Å². The average molecular weight is 146 g/mol. The first kappa shape index (κ1) is 9.18. The van der Waals surface area contributed by atoms with E-state index in [0.29, 0.717) is 0 Å². The van der Waals surface area contributed by atoms with E-state index >= 15 is 0 Å². The Morgan fingerprint density at radius 1 is 1.10 bits per heavy atom. The van der Waals surface area contributed by atoms with Crippen LogP contribution in [0.25, 0.3) is 6.08 Å². The van der Waals surface area contributed by atoms with Gasteiger partial charge in [0.15, 0.2) is 0 Å². The molecule has 0 aliphatic heterocycles. The number of benzene rings is 1. The van der Waals surface area contributed by atoms with E-state index in [1.165, 1.54) is 5.56 Å². The van der Waals surface area contributed by atoms with Crippen LogP contribution in [0, 0.1) is 0 Å². The number of hydrogen-bond acceptors (Lipinski definition) is 0. The van der Waals surface area contributed by atoms with E-state index in [-0.39, 0.29) is 11.0 Å². The number of allylic oxidation sites excluding steroid dienone is 1. The highest BCUT2D eigenvalue weighted by Crippen LogP contribution is 1.99. The van der Waals surface area contributed by atoms with Crippen LogP contribution in [0.1, 0.15) is 12.5 Å². The zero-order chi connectivity index (χ0) is 6.53. The molecule has 0 saturated carbocycles. The molecule has 0 aromatic heterocycles. The maximum absolute atomic E-state index is 2.08. The van der Waals surface area contributed by atoms with Crippen LogP contribution in [0.3, 0.4) is 0 Å². The maximum Gasteiger partial charge on any atom is 0 e. The Balaban J connectivity index is 0.000000810. The summed E-state index contributed by atoms with van der Waals surface area (Å²) in [4.78, 5) is 0. The Morgan fingerprint density at radius 2 is 1.70 bits per heavy atom. The SMILES string of the molecule is CC=Cc1ccccc1.[Si]. The number of rotatable bonds is 1. The first-order chi connectivity index (χ1) is 4.43. The molecule has 0 atom stereocenters. The van der Waals surface area contributed by atoms with Crippen molar-refractivity contribution in [2.24, 2.45) is 0 Å². The molecular formula is C9H10Si. The van der Waals surface area contributed by atoms with Gasteiger partial charge >= 0.3 is 0 Å². The maximum atomic E-state index is 2.08. The first-order valence-corrected chi connectivity index (χ1v) is 3.11. The second-order valence-electron chi connectivity index (χ2n) is 1.91. The first-order valence-electron chi connectivity index (χ1n) is 3.11. The van der Waals surface area contributed by atoms with Gasteiger partial charge in [-0.15, -0.1) is 0 Å². The third-order valence-electron chi connectivity index (χ3n) is 1.16. The molecule has 0 bridgehead atoms. The molecule has 0 spiro atoms. The fraction of sp³-hybridized carbons (Fsp3) is 0.111. The molecule has 0 nitrogen and oxygen atoms in total. The molecule has 4 radical (unpaired) electrons. The molecule has 0 N–H and O–H groups in total. The Kier molecular flexibility index (Phi) is 4.59. The minimum atomic E-state index is 0. The van der Waals surface area contributed by atoms with Crippen molar-refractivity contribution >= 4 is 17.0 Å². The summed E-state index contributed by atoms with van der Waals surface area (Å²) < 4.78 is 0. The molecule has 0 aliphatic rings. The molecule has 0 heterocycles. The van der Waals surface area contributed by atoms with Crippen molar-refractivity contribution < 1.29 is 0 Å². The van der Waals surface area contributed by atoms with Gasteiger partial charge in [-0.05, 0) is 12.5 Å². The van der Waals surface area contributed by atoms with Gasteiger partial charge in [0.25, 0.3) is 0 Å². The molecule has 1 aromatic carbocycles. The highest BCUT2D eigenvalue weighted by molar-refractivity contribution is 5.75. The van der Waals surface area contributed by atoms with Crippen LogP contribution in [0.5, 0.6) is 0 Å². The lowest BCUT2D eigenvalue weighted by atomic mass is 10.2. The van der Waals surface area contributed by atoms with Crippen LogP contribution in [0.4, 0.5) is 0 Å². The van der Waals surface area contributed by atoms with Gasteiger partial charge in [-0.2, -0.15) is 0 Å². The summed E-state index contributed by atoms with van der Waals surface area (Å²) in [6, 6.07) is 10.3. The second kappa shape index (κ2) is 5.00. The summed E-state index contributed by atoms with van der Waals surface area (Å²) in [5.41, 5.74) is 1.26. The second-order valence-corrected chi connectivity index (χ2v) is 1.91. The van der Waals surface area contributed by atoms with Crippen molar-refractivity contribution in [2.75, 3.05) is 0 Å². The van der Waals surface area contributed by atoms with Gasteiger partial charge in [0.2, 0.25) is 0 Å². The molecule has 1 aromatic rings. The summed E-state index contributed by atoms with van der Waals surface area (Å²) in [5.74, 6) is 0. The zero-order valence-electron chi connectivity index (χ0n) is 6.04. The monoisotopic (exact) mass is 146 g/mol. The highest BCUT2D eigenvalue weighted by Gasteiger charge is 1.77. The molecule has 0 unspecified atom stereocenters. The van der Waals surface area contributed by atoms with Crippen LogP contribution >= 0.6 is 0 Å². The van der Waals surface area contributed by atoms with Crippen LogP contribution in [0.2, 0.25) is 0 Å². The molecule has 0 fully saturated rings. The van der Waals surface area contributed by atoms with Crippen LogP contribution < -0.4 is 0 Å². The van der Waals surface area contributed by atoms with Crippen molar-refractivity contribution in [3.8, 4) is 0 Å². The average Bonchev–Trinajstić information content (AvgIpc) is 1.91. The zero-order valence-corrected chi connectivity index (χ0v) is 7.04. The van der Waals surface area contributed by atoms with Gasteiger partial charge in [0, 0.05) is 11.0 Å². The smallest absolute Gasteiger partial charge is 0 e. The van der Waals surface area contributed by atoms with Crippen molar-refractivity contribution in [1.29, 1.82) is 0 Å². The van der Waals surface area contributed by atoms with Gasteiger partial charge in [-0.25, -0.2) is 0 Å². The van der Waals surface area contributed by atoms with Gasteiger partial charge < -0.3 is 0 Å². The normalized spacial score (nSPS) is 9.30. The minimum Gasteiger partial charge on any atom is -0.0871 e. The molecule has 1 rings (SSSR count). The van der Waals surface area contributed by atoms with Crippen LogP contribution in [-0.2, 0) is 0 Å². The Hall–Kier alpha value is -0.823. The molecule has 10 heavy (non-hydrogen) atoms. The van der Waals surface area contributed by atoms with Crippen molar-refractivity contribution in [2.45, 2.75) is 6.92 Å². The topological polar surface area (TPSA) is 0 Å².